The Morgan fingerprint density at radius 1 is 1.35 bits per heavy atom. The topological polar surface area (TPSA) is 88.8 Å². The van der Waals surface area contributed by atoms with Gasteiger partial charge in [0, 0.05) is 18.1 Å². The molecule has 3 heterocycles. The summed E-state index contributed by atoms with van der Waals surface area (Å²) in [6.45, 7) is 2.46. The molecule has 1 N–H and O–H groups in total. The number of nitrogens with one attached hydrogen (secondary N) is 1. The van der Waals surface area contributed by atoms with Crippen LogP contribution in [0.25, 0.3) is 5.82 Å². The van der Waals surface area contributed by atoms with E-state index >= 15 is 0 Å². The van der Waals surface area contributed by atoms with Crippen LogP contribution in [0, 0.1) is 6.92 Å². The monoisotopic (exact) mass is 329 g/mol. The average Bonchev–Trinajstić information content (AvgIpc) is 3.20. The summed E-state index contributed by atoms with van der Waals surface area (Å²) in [5, 5.41) is 7.79. The summed E-state index contributed by atoms with van der Waals surface area (Å²) in [7, 11) is 1.74. The molecule has 9 heteroatoms. The molecule has 0 atom stereocenters. The van der Waals surface area contributed by atoms with Crippen molar-refractivity contribution < 1.29 is 4.79 Å². The van der Waals surface area contributed by atoms with E-state index in [1.54, 1.807) is 58.8 Å². The normalized spacial score (nSPS) is 10.5. The van der Waals surface area contributed by atoms with Gasteiger partial charge in [-0.15, -0.1) is 11.3 Å². The molecule has 0 aliphatic rings. The lowest BCUT2D eigenvalue weighted by Gasteiger charge is -2.16. The standard InChI is InChI=1S/C14H15N7OS/c1-10-16-6-12(23-10)7-20(2)14(22)19-11-3-4-13(17-5-11)21-9-15-8-18-21/h3-6,8-9H,7H2,1-2H3,(H,19,22). The number of carbonyl (C=O) groups excluding carboxylic acids is 1. The second-order valence-electron chi connectivity index (χ2n) is 4.88. The molecule has 0 spiro atoms. The Kier molecular flexibility index (Phi) is 4.29. The van der Waals surface area contributed by atoms with Gasteiger partial charge in [-0.2, -0.15) is 5.10 Å². The first-order chi connectivity index (χ1) is 11.1. The van der Waals surface area contributed by atoms with Crippen LogP contribution in [0.4, 0.5) is 10.5 Å². The largest absolute Gasteiger partial charge is 0.322 e. The van der Waals surface area contributed by atoms with E-state index in [0.717, 1.165) is 9.88 Å². The fraction of sp³-hybridized carbons (Fsp3) is 0.214. The highest BCUT2D eigenvalue weighted by Crippen LogP contribution is 2.14. The maximum absolute atomic E-state index is 12.2. The zero-order chi connectivity index (χ0) is 16.2. The van der Waals surface area contributed by atoms with Crippen LogP contribution < -0.4 is 5.32 Å². The van der Waals surface area contributed by atoms with E-state index < -0.39 is 0 Å². The fourth-order valence-electron chi connectivity index (χ4n) is 1.92. The van der Waals surface area contributed by atoms with Crippen molar-refractivity contribution in [3.05, 3.63) is 47.1 Å². The van der Waals surface area contributed by atoms with Crippen molar-refractivity contribution in [3.8, 4) is 5.82 Å². The zero-order valence-corrected chi connectivity index (χ0v) is 13.5. The Balaban J connectivity index is 1.61. The van der Waals surface area contributed by atoms with Crippen molar-refractivity contribution in [2.45, 2.75) is 13.5 Å². The first kappa shape index (κ1) is 15.1. The summed E-state index contributed by atoms with van der Waals surface area (Å²) in [5.74, 6) is 0.633. The van der Waals surface area contributed by atoms with Crippen molar-refractivity contribution in [2.24, 2.45) is 0 Å². The Morgan fingerprint density at radius 3 is 2.83 bits per heavy atom. The molecule has 0 radical (unpaired) electrons. The van der Waals surface area contributed by atoms with Gasteiger partial charge < -0.3 is 10.2 Å². The molecule has 118 valence electrons. The molecule has 0 bridgehead atoms. The number of aromatic nitrogens is 5. The molecular formula is C14H15N7OS. The lowest BCUT2D eigenvalue weighted by Crippen LogP contribution is -2.30. The number of pyridine rings is 1. The predicted molar refractivity (Wildman–Crippen MR) is 86.5 cm³/mol. The van der Waals surface area contributed by atoms with E-state index in [-0.39, 0.29) is 6.03 Å². The zero-order valence-electron chi connectivity index (χ0n) is 12.7. The molecule has 0 fully saturated rings. The van der Waals surface area contributed by atoms with Gasteiger partial charge in [0.05, 0.1) is 23.4 Å². The summed E-state index contributed by atoms with van der Waals surface area (Å²) in [5.41, 5.74) is 0.617. The van der Waals surface area contributed by atoms with Gasteiger partial charge in [-0.25, -0.2) is 24.4 Å². The number of anilines is 1. The summed E-state index contributed by atoms with van der Waals surface area (Å²) in [4.78, 5) is 27.1. The van der Waals surface area contributed by atoms with Crippen LogP contribution in [0.5, 0.6) is 0 Å². The van der Waals surface area contributed by atoms with E-state index in [1.807, 2.05) is 6.92 Å². The molecule has 3 aromatic rings. The number of aryl methyl sites for hydroxylation is 1. The van der Waals surface area contributed by atoms with E-state index in [9.17, 15) is 4.79 Å². The molecule has 0 aliphatic heterocycles. The number of rotatable bonds is 4. The summed E-state index contributed by atoms with van der Waals surface area (Å²) in [6, 6.07) is 3.33. The van der Waals surface area contributed by atoms with Crippen LogP contribution in [0.15, 0.2) is 37.2 Å². The summed E-state index contributed by atoms with van der Waals surface area (Å²) >= 11 is 1.58. The SMILES string of the molecule is Cc1ncc(CN(C)C(=O)Nc2ccc(-n3cncn3)nc2)s1. The van der Waals surface area contributed by atoms with Crippen molar-refractivity contribution in [1.29, 1.82) is 0 Å². The fourth-order valence-corrected chi connectivity index (χ4v) is 2.77. The van der Waals surface area contributed by atoms with Crippen molar-refractivity contribution in [1.82, 2.24) is 29.6 Å². The van der Waals surface area contributed by atoms with Gasteiger partial charge >= 0.3 is 6.03 Å². The Morgan fingerprint density at radius 2 is 2.22 bits per heavy atom. The smallest absolute Gasteiger partial charge is 0.321 e. The van der Waals surface area contributed by atoms with Gasteiger partial charge in [-0.05, 0) is 19.1 Å². The minimum Gasteiger partial charge on any atom is -0.322 e. The maximum Gasteiger partial charge on any atom is 0.321 e. The van der Waals surface area contributed by atoms with Crippen molar-refractivity contribution in [2.75, 3.05) is 12.4 Å². The van der Waals surface area contributed by atoms with Crippen LogP contribution in [-0.2, 0) is 6.54 Å². The second-order valence-corrected chi connectivity index (χ2v) is 6.20. The Bertz CT molecular complexity index is 782. The third-order valence-electron chi connectivity index (χ3n) is 3.06. The number of nitrogens with zero attached hydrogens (tertiary/aromatic N) is 6. The van der Waals surface area contributed by atoms with Crippen LogP contribution in [0.1, 0.15) is 9.88 Å². The lowest BCUT2D eigenvalue weighted by molar-refractivity contribution is 0.221. The highest BCUT2D eigenvalue weighted by atomic mass is 32.1. The molecular weight excluding hydrogens is 314 g/mol. The molecule has 3 rings (SSSR count). The highest BCUT2D eigenvalue weighted by molar-refractivity contribution is 7.11. The molecule has 8 nitrogen and oxygen atoms in total. The van der Waals surface area contributed by atoms with Gasteiger partial charge in [0.1, 0.15) is 12.7 Å². The molecule has 0 saturated heterocycles. The van der Waals surface area contributed by atoms with Gasteiger partial charge in [-0.1, -0.05) is 0 Å². The minimum absolute atomic E-state index is 0.202. The maximum atomic E-state index is 12.2. The van der Waals surface area contributed by atoms with Crippen LogP contribution in [0.3, 0.4) is 0 Å². The van der Waals surface area contributed by atoms with E-state index in [2.05, 4.69) is 25.4 Å². The summed E-state index contributed by atoms with van der Waals surface area (Å²) < 4.78 is 1.55. The molecule has 2 amide bonds. The number of carbonyl (C=O) groups is 1. The minimum atomic E-state index is -0.202. The Labute approximate surface area is 136 Å². The number of urea groups is 1. The average molecular weight is 329 g/mol. The molecule has 0 aromatic carbocycles. The van der Waals surface area contributed by atoms with Gasteiger partial charge in [0.15, 0.2) is 5.82 Å². The van der Waals surface area contributed by atoms with Gasteiger partial charge in [0.25, 0.3) is 0 Å². The van der Waals surface area contributed by atoms with E-state index in [4.69, 9.17) is 0 Å². The number of hydrogen-bond donors (Lipinski definition) is 1. The quantitative estimate of drug-likeness (QED) is 0.792. The molecule has 0 unspecified atom stereocenters. The van der Waals surface area contributed by atoms with Gasteiger partial charge in [0.2, 0.25) is 0 Å². The van der Waals surface area contributed by atoms with E-state index in [1.165, 1.54) is 6.33 Å². The van der Waals surface area contributed by atoms with Crippen LogP contribution >= 0.6 is 11.3 Å². The molecule has 23 heavy (non-hydrogen) atoms. The third-order valence-corrected chi connectivity index (χ3v) is 3.96. The number of hydrogen-bond acceptors (Lipinski definition) is 6. The number of thiazole rings is 1. The number of amides is 2. The van der Waals surface area contributed by atoms with Crippen molar-refractivity contribution in [3.63, 3.8) is 0 Å². The molecule has 0 aliphatic carbocycles. The Hall–Kier alpha value is -2.81. The third kappa shape index (κ3) is 3.69. The van der Waals surface area contributed by atoms with E-state index in [0.29, 0.717) is 18.1 Å². The highest BCUT2D eigenvalue weighted by Gasteiger charge is 2.11. The molecule has 0 saturated carbocycles. The first-order valence-electron chi connectivity index (χ1n) is 6.86. The first-order valence-corrected chi connectivity index (χ1v) is 7.68. The molecule has 3 aromatic heterocycles. The summed E-state index contributed by atoms with van der Waals surface area (Å²) in [6.07, 6.45) is 6.37. The van der Waals surface area contributed by atoms with Crippen LogP contribution in [-0.4, -0.2) is 42.7 Å². The lowest BCUT2D eigenvalue weighted by atomic mass is 10.4. The van der Waals surface area contributed by atoms with Crippen molar-refractivity contribution >= 4 is 23.1 Å². The predicted octanol–water partition coefficient (Wildman–Crippen LogP) is 2.09. The van der Waals surface area contributed by atoms with Crippen LogP contribution in [0.2, 0.25) is 0 Å². The van der Waals surface area contributed by atoms with Gasteiger partial charge in [-0.3, -0.25) is 0 Å². The second kappa shape index (κ2) is 6.53.